The van der Waals surface area contributed by atoms with Gasteiger partial charge in [0, 0.05) is 30.9 Å². The minimum absolute atomic E-state index is 0.0301. The van der Waals surface area contributed by atoms with Crippen LogP contribution in [0.15, 0.2) is 40.6 Å². The third kappa shape index (κ3) is 5.36. The molecule has 0 bridgehead atoms. The summed E-state index contributed by atoms with van der Waals surface area (Å²) >= 11 is 12.0. The number of hydrogen-bond acceptors (Lipinski definition) is 7. The molecule has 0 saturated heterocycles. The van der Waals surface area contributed by atoms with E-state index in [0.717, 1.165) is 11.3 Å². The molecule has 8 nitrogen and oxygen atoms in total. The first kappa shape index (κ1) is 21.0. The van der Waals surface area contributed by atoms with E-state index in [2.05, 4.69) is 10.2 Å². The van der Waals surface area contributed by atoms with Crippen molar-refractivity contribution in [2.45, 2.75) is 6.92 Å². The van der Waals surface area contributed by atoms with Gasteiger partial charge in [-0.1, -0.05) is 23.2 Å². The van der Waals surface area contributed by atoms with Crippen molar-refractivity contribution in [3.8, 4) is 0 Å². The van der Waals surface area contributed by atoms with Crippen LogP contribution in [0.3, 0.4) is 0 Å². The maximum Gasteiger partial charge on any atom is 0.272 e. The Labute approximate surface area is 165 Å². The number of nitro benzene ring substituents is 1. The molecule has 0 aliphatic rings. The van der Waals surface area contributed by atoms with E-state index in [1.165, 1.54) is 12.1 Å². The molecule has 2 rings (SSSR count). The van der Waals surface area contributed by atoms with Gasteiger partial charge >= 0.3 is 0 Å². The number of benzene rings is 2. The molecule has 10 heteroatoms. The summed E-state index contributed by atoms with van der Waals surface area (Å²) in [6.07, 6.45) is 0. The van der Waals surface area contributed by atoms with Crippen LogP contribution in [-0.4, -0.2) is 41.4 Å². The van der Waals surface area contributed by atoms with Crippen molar-refractivity contribution in [2.24, 2.45) is 10.2 Å². The largest absolute Gasteiger partial charge is 0.395 e. The summed E-state index contributed by atoms with van der Waals surface area (Å²) in [6, 6.07) is 7.73. The highest BCUT2D eigenvalue weighted by Crippen LogP contribution is 2.38. The summed E-state index contributed by atoms with van der Waals surface area (Å²) in [4.78, 5) is 12.1. The molecule has 0 saturated carbocycles. The molecule has 0 amide bonds. The molecule has 0 spiro atoms. The highest BCUT2D eigenvalue weighted by atomic mass is 35.5. The summed E-state index contributed by atoms with van der Waals surface area (Å²) in [5.74, 6) is 0. The topological polar surface area (TPSA) is 112 Å². The fourth-order valence-electron chi connectivity index (χ4n) is 2.42. The summed E-state index contributed by atoms with van der Waals surface area (Å²) < 4.78 is 0. The number of aliphatic hydroxyl groups is 2. The monoisotopic (exact) mass is 412 g/mol. The van der Waals surface area contributed by atoms with Crippen LogP contribution in [0.1, 0.15) is 5.56 Å². The van der Waals surface area contributed by atoms with Gasteiger partial charge in [-0.25, -0.2) is 0 Å². The van der Waals surface area contributed by atoms with Gasteiger partial charge in [-0.2, -0.15) is 5.11 Å². The zero-order chi connectivity index (χ0) is 20.0. The van der Waals surface area contributed by atoms with E-state index in [9.17, 15) is 10.1 Å². The second kappa shape index (κ2) is 9.61. The Balaban J connectivity index is 2.29. The smallest absolute Gasteiger partial charge is 0.272 e. The summed E-state index contributed by atoms with van der Waals surface area (Å²) in [5, 5.41) is 37.3. The van der Waals surface area contributed by atoms with E-state index in [1.54, 1.807) is 12.1 Å². The minimum atomic E-state index is -0.591. The van der Waals surface area contributed by atoms with Gasteiger partial charge in [0.1, 0.15) is 5.69 Å². The van der Waals surface area contributed by atoms with Gasteiger partial charge in [0.25, 0.3) is 5.69 Å². The first-order valence-electron chi connectivity index (χ1n) is 8.00. The zero-order valence-corrected chi connectivity index (χ0v) is 16.0. The average molecular weight is 413 g/mol. The fraction of sp³-hybridized carbons (Fsp3) is 0.294. The molecule has 0 radical (unpaired) electrons. The number of hydrogen-bond donors (Lipinski definition) is 2. The average Bonchev–Trinajstić information content (AvgIpc) is 2.61. The predicted octanol–water partition coefficient (Wildman–Crippen LogP) is 4.42. The van der Waals surface area contributed by atoms with Crippen molar-refractivity contribution in [3.05, 3.63) is 56.1 Å². The molecule has 144 valence electrons. The van der Waals surface area contributed by atoms with Crippen LogP contribution in [0.2, 0.25) is 10.0 Å². The number of nitro groups is 1. The number of halogens is 2. The second-order valence-corrected chi connectivity index (χ2v) is 6.43. The fourth-order valence-corrected chi connectivity index (χ4v) is 2.97. The molecule has 0 aliphatic heterocycles. The van der Waals surface area contributed by atoms with Crippen molar-refractivity contribution in [1.29, 1.82) is 0 Å². The van der Waals surface area contributed by atoms with Gasteiger partial charge in [-0.05, 0) is 30.7 Å². The number of rotatable bonds is 8. The molecule has 2 aromatic rings. The van der Waals surface area contributed by atoms with Gasteiger partial charge < -0.3 is 15.1 Å². The third-order valence-electron chi connectivity index (χ3n) is 3.76. The highest BCUT2D eigenvalue weighted by Gasteiger charge is 2.14. The van der Waals surface area contributed by atoms with Crippen molar-refractivity contribution < 1.29 is 15.1 Å². The van der Waals surface area contributed by atoms with E-state index in [0.29, 0.717) is 18.8 Å². The van der Waals surface area contributed by atoms with Crippen molar-refractivity contribution in [1.82, 2.24) is 0 Å². The summed E-state index contributed by atoms with van der Waals surface area (Å²) in [7, 11) is 0. The van der Waals surface area contributed by atoms with Crippen LogP contribution in [0.4, 0.5) is 22.7 Å². The lowest BCUT2D eigenvalue weighted by atomic mass is 10.1. The van der Waals surface area contributed by atoms with Gasteiger partial charge in [-0.15, -0.1) is 5.11 Å². The van der Waals surface area contributed by atoms with Crippen LogP contribution in [0, 0.1) is 17.0 Å². The van der Waals surface area contributed by atoms with E-state index in [-0.39, 0.29) is 34.6 Å². The second-order valence-electron chi connectivity index (χ2n) is 5.62. The number of nitrogens with zero attached hydrogens (tertiary/aromatic N) is 4. The van der Waals surface area contributed by atoms with Gasteiger partial charge in [0.15, 0.2) is 0 Å². The molecular weight excluding hydrogens is 395 g/mol. The van der Waals surface area contributed by atoms with Crippen LogP contribution >= 0.6 is 23.2 Å². The maximum atomic E-state index is 10.8. The molecule has 0 unspecified atom stereocenters. The van der Waals surface area contributed by atoms with Gasteiger partial charge in [-0.3, -0.25) is 10.1 Å². The Kier molecular flexibility index (Phi) is 7.49. The normalized spacial score (nSPS) is 11.1. The standard InChI is InChI=1S/C17H18Cl2N4O4/c1-11-8-12(22(4-6-24)5-7-25)2-3-16(11)20-21-17-14(18)9-13(23(26)27)10-15(17)19/h2-3,8-10,24-25H,4-7H2,1H3. The lowest BCUT2D eigenvalue weighted by molar-refractivity contribution is -0.384. The Morgan fingerprint density at radius 2 is 1.67 bits per heavy atom. The van der Waals surface area contributed by atoms with Crippen LogP contribution in [0.25, 0.3) is 0 Å². The first-order chi connectivity index (χ1) is 12.9. The third-order valence-corrected chi connectivity index (χ3v) is 4.33. The summed E-state index contributed by atoms with van der Waals surface area (Å²) in [5.41, 5.74) is 2.14. The van der Waals surface area contributed by atoms with Crippen molar-refractivity contribution in [3.63, 3.8) is 0 Å². The lowest BCUT2D eigenvalue weighted by Crippen LogP contribution is -2.29. The van der Waals surface area contributed by atoms with Crippen molar-refractivity contribution >= 4 is 46.0 Å². The van der Waals surface area contributed by atoms with E-state index < -0.39 is 4.92 Å². The minimum Gasteiger partial charge on any atom is -0.395 e. The lowest BCUT2D eigenvalue weighted by Gasteiger charge is -2.23. The summed E-state index contributed by atoms with van der Waals surface area (Å²) in [6.45, 7) is 2.58. The van der Waals surface area contributed by atoms with Crippen molar-refractivity contribution in [2.75, 3.05) is 31.2 Å². The Hall–Kier alpha value is -2.26. The van der Waals surface area contributed by atoms with Gasteiger partial charge in [0.2, 0.25) is 0 Å². The molecule has 0 atom stereocenters. The molecule has 0 heterocycles. The molecule has 27 heavy (non-hydrogen) atoms. The first-order valence-corrected chi connectivity index (χ1v) is 8.75. The Morgan fingerprint density at radius 1 is 1.07 bits per heavy atom. The number of aryl methyl sites for hydroxylation is 1. The number of non-ortho nitro benzene ring substituents is 1. The zero-order valence-electron chi connectivity index (χ0n) is 14.5. The van der Waals surface area contributed by atoms with E-state index >= 15 is 0 Å². The molecule has 0 fully saturated rings. The molecule has 2 N–H and O–H groups in total. The van der Waals surface area contributed by atoms with Crippen LogP contribution in [-0.2, 0) is 0 Å². The molecule has 0 aliphatic carbocycles. The van der Waals surface area contributed by atoms with E-state index in [1.807, 2.05) is 17.9 Å². The molecular formula is C17H18Cl2N4O4. The van der Waals surface area contributed by atoms with E-state index in [4.69, 9.17) is 33.4 Å². The predicted molar refractivity (Wildman–Crippen MR) is 105 cm³/mol. The Bertz CT molecular complexity index is 832. The van der Waals surface area contributed by atoms with Crippen LogP contribution in [0.5, 0.6) is 0 Å². The highest BCUT2D eigenvalue weighted by molar-refractivity contribution is 6.39. The SMILES string of the molecule is Cc1cc(N(CCO)CCO)ccc1N=Nc1c(Cl)cc([N+](=O)[O-])cc1Cl. The molecule has 2 aromatic carbocycles. The maximum absolute atomic E-state index is 10.8. The molecule has 0 aromatic heterocycles. The quantitative estimate of drug-likeness (QED) is 0.378. The van der Waals surface area contributed by atoms with Crippen LogP contribution < -0.4 is 4.90 Å². The number of azo groups is 1. The number of aliphatic hydroxyl groups excluding tert-OH is 2. The number of anilines is 1. The Morgan fingerprint density at radius 3 is 2.15 bits per heavy atom. The van der Waals surface area contributed by atoms with Gasteiger partial charge in [0.05, 0.1) is 33.9 Å².